The fourth-order valence-corrected chi connectivity index (χ4v) is 0.406. The van der Waals surface area contributed by atoms with Crippen LogP contribution in [0.2, 0.25) is 0 Å². The summed E-state index contributed by atoms with van der Waals surface area (Å²) < 4.78 is 0. The van der Waals surface area contributed by atoms with Crippen molar-refractivity contribution < 1.29 is 5.11 Å². The van der Waals surface area contributed by atoms with Crippen molar-refractivity contribution >= 4 is 15.9 Å². The zero-order valence-corrected chi connectivity index (χ0v) is 6.35. The van der Waals surface area contributed by atoms with Crippen LogP contribution in [0.3, 0.4) is 0 Å². The van der Waals surface area contributed by atoms with E-state index in [1.807, 2.05) is 19.1 Å². The second kappa shape index (κ2) is 5.06. The Labute approximate surface area is 57.8 Å². The molecule has 0 rings (SSSR count). The molecule has 0 saturated carbocycles. The van der Waals surface area contributed by atoms with Crippen LogP contribution in [0.5, 0.6) is 0 Å². The third kappa shape index (κ3) is 4.09. The van der Waals surface area contributed by atoms with Crippen LogP contribution in [0.25, 0.3) is 0 Å². The van der Waals surface area contributed by atoms with Gasteiger partial charge < -0.3 is 5.11 Å². The molecule has 0 aliphatic rings. The molecule has 2 heteroatoms. The van der Waals surface area contributed by atoms with Crippen molar-refractivity contribution in [2.45, 2.75) is 6.92 Å². The monoisotopic (exact) mass is 176 g/mol. The lowest BCUT2D eigenvalue weighted by Gasteiger charge is -1.86. The van der Waals surface area contributed by atoms with Gasteiger partial charge in [0.25, 0.3) is 0 Å². The first-order chi connectivity index (χ1) is 3.81. The Balaban J connectivity index is 3.57. The second-order valence-electron chi connectivity index (χ2n) is 1.49. The van der Waals surface area contributed by atoms with Crippen LogP contribution in [0.15, 0.2) is 22.7 Å². The van der Waals surface area contributed by atoms with E-state index in [9.17, 15) is 0 Å². The van der Waals surface area contributed by atoms with Gasteiger partial charge in [-0.2, -0.15) is 0 Å². The molecular weight excluding hydrogens is 168 g/mol. The van der Waals surface area contributed by atoms with Crippen LogP contribution in [0, 0.1) is 0 Å². The molecule has 0 saturated heterocycles. The minimum atomic E-state index is 0.136. The molecule has 0 spiro atoms. The van der Waals surface area contributed by atoms with Crippen LogP contribution in [-0.2, 0) is 0 Å². The van der Waals surface area contributed by atoms with Gasteiger partial charge >= 0.3 is 0 Å². The molecule has 0 aromatic rings. The second-order valence-corrected chi connectivity index (χ2v) is 2.02. The summed E-state index contributed by atoms with van der Waals surface area (Å²) in [6, 6.07) is 0. The van der Waals surface area contributed by atoms with Gasteiger partial charge in [0, 0.05) is 0 Å². The highest BCUT2D eigenvalue weighted by Crippen LogP contribution is 1.91. The highest BCUT2D eigenvalue weighted by atomic mass is 79.9. The predicted octanol–water partition coefficient (Wildman–Crippen LogP) is 1.83. The summed E-state index contributed by atoms with van der Waals surface area (Å²) in [4.78, 5) is 1.74. The van der Waals surface area contributed by atoms with Gasteiger partial charge in [0.1, 0.15) is 0 Å². The summed E-state index contributed by atoms with van der Waals surface area (Å²) in [6.07, 6.45) is 3.67. The van der Waals surface area contributed by atoms with E-state index in [0.29, 0.717) is 0 Å². The number of aliphatic hydroxyl groups excluding tert-OH is 1. The largest absolute Gasteiger partial charge is 0.392 e. The van der Waals surface area contributed by atoms with Gasteiger partial charge in [0.05, 0.1) is 6.61 Å². The number of halogens is 1. The van der Waals surface area contributed by atoms with Crippen molar-refractivity contribution in [1.82, 2.24) is 0 Å². The maximum Gasteiger partial charge on any atom is 0.0642 e. The summed E-state index contributed by atoms with van der Waals surface area (Å²) in [5, 5.41) is 8.44. The highest BCUT2D eigenvalue weighted by Gasteiger charge is 1.77. The number of aliphatic hydroxyl groups is 1. The summed E-state index contributed by atoms with van der Waals surface area (Å²) in [5.74, 6) is 0. The minimum Gasteiger partial charge on any atom is -0.392 e. The van der Waals surface area contributed by atoms with Gasteiger partial charge in [0.15, 0.2) is 0 Å². The lowest BCUT2D eigenvalue weighted by molar-refractivity contribution is 0.331. The zero-order chi connectivity index (χ0) is 6.41. The van der Waals surface area contributed by atoms with Crippen molar-refractivity contribution in [2.75, 3.05) is 6.61 Å². The first kappa shape index (κ1) is 7.92. The molecule has 0 unspecified atom stereocenters. The summed E-state index contributed by atoms with van der Waals surface area (Å²) in [7, 11) is 0. The SMILES string of the molecule is C/C(=C\C=C\Br)CO. The summed E-state index contributed by atoms with van der Waals surface area (Å²) in [5.41, 5.74) is 0.959. The molecule has 46 valence electrons. The highest BCUT2D eigenvalue weighted by molar-refractivity contribution is 9.11. The number of hydrogen-bond acceptors (Lipinski definition) is 1. The van der Waals surface area contributed by atoms with E-state index in [2.05, 4.69) is 15.9 Å². The average molecular weight is 177 g/mol. The first-order valence-electron chi connectivity index (χ1n) is 2.34. The van der Waals surface area contributed by atoms with Crippen LogP contribution in [0.4, 0.5) is 0 Å². The standard InChI is InChI=1S/C6H9BrO/c1-6(5-8)3-2-4-7/h2-4,8H,5H2,1H3/b4-2+,6-3+. The Morgan fingerprint density at radius 1 is 1.75 bits per heavy atom. The van der Waals surface area contributed by atoms with Gasteiger partial charge in [-0.25, -0.2) is 0 Å². The minimum absolute atomic E-state index is 0.136. The van der Waals surface area contributed by atoms with E-state index in [-0.39, 0.29) is 6.61 Å². The van der Waals surface area contributed by atoms with Crippen LogP contribution >= 0.6 is 15.9 Å². The topological polar surface area (TPSA) is 20.2 Å². The molecule has 8 heavy (non-hydrogen) atoms. The molecule has 0 bridgehead atoms. The summed E-state index contributed by atoms with van der Waals surface area (Å²) in [6.45, 7) is 2.00. The Morgan fingerprint density at radius 2 is 2.38 bits per heavy atom. The van der Waals surface area contributed by atoms with Crippen molar-refractivity contribution in [3.63, 3.8) is 0 Å². The van der Waals surface area contributed by atoms with E-state index in [1.54, 1.807) is 4.99 Å². The quantitative estimate of drug-likeness (QED) is 0.638. The third-order valence-electron chi connectivity index (χ3n) is 0.703. The molecular formula is C6H9BrO. The molecule has 0 radical (unpaired) electrons. The Hall–Kier alpha value is -0.0800. The molecule has 0 aliphatic heterocycles. The average Bonchev–Trinajstić information content (AvgIpc) is 1.83. The molecule has 0 aromatic heterocycles. The maximum absolute atomic E-state index is 8.44. The third-order valence-corrected chi connectivity index (χ3v) is 1.01. The molecule has 0 fully saturated rings. The molecule has 0 aliphatic carbocycles. The van der Waals surface area contributed by atoms with Crippen molar-refractivity contribution in [3.05, 3.63) is 22.7 Å². The predicted molar refractivity (Wildman–Crippen MR) is 38.9 cm³/mol. The van der Waals surface area contributed by atoms with Gasteiger partial charge in [-0.05, 0) is 17.5 Å². The molecule has 0 amide bonds. The van der Waals surface area contributed by atoms with E-state index >= 15 is 0 Å². The van der Waals surface area contributed by atoms with Crippen molar-refractivity contribution in [2.24, 2.45) is 0 Å². The molecule has 0 atom stereocenters. The van der Waals surface area contributed by atoms with Crippen molar-refractivity contribution in [3.8, 4) is 0 Å². The first-order valence-corrected chi connectivity index (χ1v) is 3.26. The Bertz CT molecular complexity index is 105. The van der Waals surface area contributed by atoms with Crippen molar-refractivity contribution in [1.29, 1.82) is 0 Å². The Kier molecular flexibility index (Phi) is 5.01. The van der Waals surface area contributed by atoms with E-state index < -0.39 is 0 Å². The van der Waals surface area contributed by atoms with E-state index in [4.69, 9.17) is 5.11 Å². The van der Waals surface area contributed by atoms with Crippen LogP contribution < -0.4 is 0 Å². The normalized spacial score (nSPS) is 13.1. The lowest BCUT2D eigenvalue weighted by Crippen LogP contribution is -1.80. The number of rotatable bonds is 2. The smallest absolute Gasteiger partial charge is 0.0642 e. The zero-order valence-electron chi connectivity index (χ0n) is 4.76. The molecule has 1 nitrogen and oxygen atoms in total. The van der Waals surface area contributed by atoms with Crippen LogP contribution in [0.1, 0.15) is 6.92 Å². The van der Waals surface area contributed by atoms with Gasteiger partial charge in [0.2, 0.25) is 0 Å². The number of hydrogen-bond donors (Lipinski definition) is 1. The molecule has 0 aromatic carbocycles. The fraction of sp³-hybridized carbons (Fsp3) is 0.333. The number of allylic oxidation sites excluding steroid dienone is 2. The van der Waals surface area contributed by atoms with Gasteiger partial charge in [-0.15, -0.1) is 0 Å². The lowest BCUT2D eigenvalue weighted by atomic mass is 10.3. The van der Waals surface area contributed by atoms with Gasteiger partial charge in [-0.1, -0.05) is 28.1 Å². The van der Waals surface area contributed by atoms with E-state index in [0.717, 1.165) is 5.57 Å². The maximum atomic E-state index is 8.44. The fourth-order valence-electron chi connectivity index (χ4n) is 0.253. The van der Waals surface area contributed by atoms with Gasteiger partial charge in [-0.3, -0.25) is 0 Å². The van der Waals surface area contributed by atoms with Crippen LogP contribution in [-0.4, -0.2) is 11.7 Å². The molecule has 0 heterocycles. The van der Waals surface area contributed by atoms with E-state index in [1.165, 1.54) is 0 Å². The Morgan fingerprint density at radius 3 is 2.75 bits per heavy atom. The molecule has 1 N–H and O–H groups in total. The summed E-state index contributed by atoms with van der Waals surface area (Å²) >= 11 is 3.10.